The highest BCUT2D eigenvalue weighted by atomic mass is 32.1. The van der Waals surface area contributed by atoms with Gasteiger partial charge in [-0.25, -0.2) is 9.55 Å². The normalized spacial score (nSPS) is 11.5. The van der Waals surface area contributed by atoms with E-state index in [1.165, 1.54) is 28.8 Å². The van der Waals surface area contributed by atoms with Gasteiger partial charge in [0.2, 0.25) is 5.88 Å². The Bertz CT molecular complexity index is 1420. The number of thiazole rings is 1. The molecule has 3 heterocycles. The van der Waals surface area contributed by atoms with E-state index in [-0.39, 0.29) is 17.5 Å². The molecule has 34 heavy (non-hydrogen) atoms. The summed E-state index contributed by atoms with van der Waals surface area (Å²) in [5, 5.41) is 15.2. The van der Waals surface area contributed by atoms with E-state index in [2.05, 4.69) is 30.6 Å². The van der Waals surface area contributed by atoms with Gasteiger partial charge in [0.15, 0.2) is 5.13 Å². The maximum atomic E-state index is 14.1. The van der Waals surface area contributed by atoms with E-state index < -0.39 is 12.0 Å². The molecule has 0 radical (unpaired) electrons. The number of hydrogen-bond donors (Lipinski definition) is 1. The highest BCUT2D eigenvalue weighted by molar-refractivity contribution is 7.13. The number of carbonyl (C=O) groups is 1. The molecule has 0 saturated carbocycles. The van der Waals surface area contributed by atoms with Crippen molar-refractivity contribution >= 4 is 28.2 Å². The molecule has 3 aromatic heterocycles. The lowest BCUT2D eigenvalue weighted by Crippen LogP contribution is -2.39. The Morgan fingerprint density at radius 3 is 2.59 bits per heavy atom. The van der Waals surface area contributed by atoms with Crippen molar-refractivity contribution in [3.63, 3.8) is 0 Å². The van der Waals surface area contributed by atoms with Crippen LogP contribution < -0.4 is 14.8 Å². The molecule has 0 spiro atoms. The molecular weight excluding hydrogens is 468 g/mol. The molecular formula is C21H15F2N7O3S. The third kappa shape index (κ3) is 4.41. The second kappa shape index (κ2) is 8.86. The Labute approximate surface area is 194 Å². The minimum Gasteiger partial charge on any atom is -0.471 e. The quantitative estimate of drug-likeness (QED) is 0.360. The number of hydrogen-bond acceptors (Lipinski definition) is 8. The smallest absolute Gasteiger partial charge is 0.471 e. The number of benzene rings is 2. The summed E-state index contributed by atoms with van der Waals surface area (Å²) in [5.74, 6) is -0.887. The van der Waals surface area contributed by atoms with Gasteiger partial charge < -0.3 is 9.47 Å². The van der Waals surface area contributed by atoms with Crippen molar-refractivity contribution in [3.8, 4) is 17.3 Å². The van der Waals surface area contributed by atoms with E-state index in [9.17, 15) is 13.6 Å². The average Bonchev–Trinajstić information content (AvgIpc) is 3.55. The molecule has 0 unspecified atom stereocenters. The first kappa shape index (κ1) is 21.5. The topological polar surface area (TPSA) is 108 Å². The fourth-order valence-corrected chi connectivity index (χ4v) is 3.72. The molecule has 10 nitrogen and oxygen atoms in total. The van der Waals surface area contributed by atoms with Crippen molar-refractivity contribution in [2.24, 2.45) is 0 Å². The molecule has 0 atom stereocenters. The van der Waals surface area contributed by atoms with Crippen molar-refractivity contribution in [3.05, 3.63) is 77.9 Å². The maximum Gasteiger partial charge on any atom is 0.482 e. The van der Waals surface area contributed by atoms with Crippen LogP contribution in [0.15, 0.2) is 72.2 Å². The van der Waals surface area contributed by atoms with E-state index >= 15 is 0 Å². The van der Waals surface area contributed by atoms with Gasteiger partial charge in [0.1, 0.15) is 12.4 Å². The molecule has 172 valence electrons. The van der Waals surface area contributed by atoms with Crippen LogP contribution in [0.5, 0.6) is 11.6 Å². The van der Waals surface area contributed by atoms with Crippen LogP contribution in [0.1, 0.15) is 5.69 Å². The second-order valence-corrected chi connectivity index (χ2v) is 7.74. The monoisotopic (exact) mass is 483 g/mol. The summed E-state index contributed by atoms with van der Waals surface area (Å²) < 4.78 is 41.8. The Hall–Kier alpha value is -4.39. The highest BCUT2D eigenvalue weighted by Crippen LogP contribution is 2.26. The summed E-state index contributed by atoms with van der Waals surface area (Å²) >= 11 is 0.984. The largest absolute Gasteiger partial charge is 0.482 e. The Morgan fingerprint density at radius 1 is 1.09 bits per heavy atom. The fraction of sp³-hybridized carbons (Fsp3) is 0.0952. The first-order valence-electron chi connectivity index (χ1n) is 9.85. The van der Waals surface area contributed by atoms with Gasteiger partial charge in [0.25, 0.3) is 5.78 Å². The Morgan fingerprint density at radius 2 is 1.82 bits per heavy atom. The number of halogens is 2. The zero-order valence-electron chi connectivity index (χ0n) is 17.2. The van der Waals surface area contributed by atoms with Gasteiger partial charge in [-0.3, -0.25) is 10.1 Å². The predicted molar refractivity (Wildman–Crippen MR) is 117 cm³/mol. The van der Waals surface area contributed by atoms with Crippen molar-refractivity contribution in [2.45, 2.75) is 12.7 Å². The van der Waals surface area contributed by atoms with Crippen molar-refractivity contribution < 1.29 is 23.0 Å². The summed E-state index contributed by atoms with van der Waals surface area (Å²) in [6, 6.07) is 16.7. The number of alkyl halides is 2. The van der Waals surface area contributed by atoms with Gasteiger partial charge >= 0.3 is 12.0 Å². The molecule has 1 amide bonds. The number of aromatic nitrogens is 6. The van der Waals surface area contributed by atoms with Crippen LogP contribution in [0.25, 0.3) is 11.5 Å². The lowest BCUT2D eigenvalue weighted by atomic mass is 10.3. The number of fused-ring (bicyclic) bond motifs is 1. The number of nitrogens with one attached hydrogen (secondary N) is 1. The number of tetrazole rings is 1. The number of anilines is 1. The van der Waals surface area contributed by atoms with Crippen molar-refractivity contribution in [2.75, 3.05) is 5.32 Å². The molecule has 0 aliphatic heterocycles. The van der Waals surface area contributed by atoms with Crippen molar-refractivity contribution in [1.82, 2.24) is 29.6 Å². The lowest BCUT2D eigenvalue weighted by molar-refractivity contribution is -0.187. The number of imidazole rings is 1. The summed E-state index contributed by atoms with van der Waals surface area (Å²) in [7, 11) is 0. The van der Waals surface area contributed by atoms with E-state index in [0.717, 1.165) is 17.0 Å². The molecule has 0 saturated heterocycles. The van der Waals surface area contributed by atoms with E-state index in [4.69, 9.17) is 4.74 Å². The number of ether oxygens (including phenoxy) is 2. The minimum absolute atomic E-state index is 0.0106. The molecule has 5 aromatic rings. The lowest BCUT2D eigenvalue weighted by Gasteiger charge is -2.16. The molecule has 1 N–H and O–H groups in total. The average molecular weight is 483 g/mol. The molecule has 13 heteroatoms. The van der Waals surface area contributed by atoms with Gasteiger partial charge in [-0.1, -0.05) is 41.5 Å². The summed E-state index contributed by atoms with van der Waals surface area (Å²) in [5.41, 5.74) is 1.21. The number of para-hydroxylation sites is 2. The zero-order chi connectivity index (χ0) is 23.5. The SMILES string of the molecule is O=C(Nc1nc(COc2cn3nnnc3n2-c2ccccc2)cs1)C(F)(F)Oc1ccccc1. The van der Waals surface area contributed by atoms with E-state index in [0.29, 0.717) is 17.4 Å². The third-order valence-corrected chi connectivity index (χ3v) is 5.34. The minimum atomic E-state index is -4.07. The fourth-order valence-electron chi connectivity index (χ4n) is 3.03. The van der Waals surface area contributed by atoms with Gasteiger partial charge in [-0.15, -0.1) is 11.3 Å². The molecule has 0 bridgehead atoms. The zero-order valence-corrected chi connectivity index (χ0v) is 18.0. The van der Waals surface area contributed by atoms with Crippen LogP contribution >= 0.6 is 11.3 Å². The number of amides is 1. The molecule has 2 aromatic carbocycles. The van der Waals surface area contributed by atoms with Gasteiger partial charge in [0, 0.05) is 5.38 Å². The third-order valence-electron chi connectivity index (χ3n) is 4.54. The first-order chi connectivity index (χ1) is 16.5. The second-order valence-electron chi connectivity index (χ2n) is 6.88. The number of rotatable bonds is 8. The van der Waals surface area contributed by atoms with Crippen LogP contribution in [0, 0.1) is 0 Å². The first-order valence-corrected chi connectivity index (χ1v) is 10.7. The summed E-state index contributed by atoms with van der Waals surface area (Å²) in [4.78, 5) is 16.2. The molecule has 0 fully saturated rings. The van der Waals surface area contributed by atoms with Crippen LogP contribution in [0.4, 0.5) is 13.9 Å². The maximum absolute atomic E-state index is 14.1. The standard InChI is InChI=1S/C21H15F2N7O3S/c22-21(23,33-16-9-5-2-6-10-16)18(31)25-19-24-14(13-34-19)12-32-17-11-29-20(26-27-28-29)30(17)15-7-3-1-4-8-15/h1-11,13H,12H2,(H,24,25,31). The Kier molecular flexibility index (Phi) is 5.59. The molecule has 5 rings (SSSR count). The molecule has 0 aliphatic rings. The summed E-state index contributed by atoms with van der Waals surface area (Å²) in [6.45, 7) is 0.0106. The van der Waals surface area contributed by atoms with Crippen molar-refractivity contribution in [1.29, 1.82) is 0 Å². The van der Waals surface area contributed by atoms with Crippen LogP contribution in [0.3, 0.4) is 0 Å². The van der Waals surface area contributed by atoms with Crippen LogP contribution in [-0.4, -0.2) is 41.6 Å². The Balaban J connectivity index is 1.26. The number of nitrogens with zero attached hydrogens (tertiary/aromatic N) is 6. The van der Waals surface area contributed by atoms with Crippen LogP contribution in [0.2, 0.25) is 0 Å². The van der Waals surface area contributed by atoms with Gasteiger partial charge in [0.05, 0.1) is 17.6 Å². The highest BCUT2D eigenvalue weighted by Gasteiger charge is 2.42. The number of carbonyl (C=O) groups excluding carboxylic acids is 1. The van der Waals surface area contributed by atoms with Gasteiger partial charge in [-0.2, -0.15) is 13.3 Å². The van der Waals surface area contributed by atoms with Gasteiger partial charge in [-0.05, 0) is 34.7 Å². The predicted octanol–water partition coefficient (Wildman–Crippen LogP) is 3.56. The summed E-state index contributed by atoms with van der Waals surface area (Å²) in [6.07, 6.45) is -2.46. The van der Waals surface area contributed by atoms with E-state index in [1.54, 1.807) is 22.2 Å². The molecule has 0 aliphatic carbocycles. The van der Waals surface area contributed by atoms with Crippen LogP contribution in [-0.2, 0) is 11.4 Å². The van der Waals surface area contributed by atoms with E-state index in [1.807, 2.05) is 30.3 Å².